The van der Waals surface area contributed by atoms with Crippen LogP contribution in [0, 0.1) is 0 Å². The number of oxazole rings is 1. The van der Waals surface area contributed by atoms with Gasteiger partial charge in [-0.05, 0) is 43.3 Å². The quantitative estimate of drug-likeness (QED) is 0.464. The molecule has 29 heavy (non-hydrogen) atoms. The van der Waals surface area contributed by atoms with E-state index in [2.05, 4.69) is 15.4 Å². The van der Waals surface area contributed by atoms with Crippen LogP contribution >= 0.6 is 0 Å². The van der Waals surface area contributed by atoms with Gasteiger partial charge >= 0.3 is 11.7 Å². The molecule has 0 atom stereocenters. The van der Waals surface area contributed by atoms with Crippen LogP contribution < -0.4 is 5.76 Å². The van der Waals surface area contributed by atoms with E-state index in [-0.39, 0.29) is 6.10 Å². The lowest BCUT2D eigenvalue weighted by atomic mass is 10.1. The number of tetrazole rings is 1. The Labute approximate surface area is 165 Å². The van der Waals surface area contributed by atoms with E-state index >= 15 is 0 Å². The number of para-hydroxylation sites is 2. The van der Waals surface area contributed by atoms with Crippen LogP contribution in [-0.2, 0) is 17.8 Å². The van der Waals surface area contributed by atoms with Gasteiger partial charge in [0.05, 0.1) is 30.3 Å². The molecule has 0 amide bonds. The molecule has 0 fully saturated rings. The first-order valence-electron chi connectivity index (χ1n) is 9.19. The van der Waals surface area contributed by atoms with Crippen molar-refractivity contribution in [3.63, 3.8) is 0 Å². The minimum absolute atomic E-state index is 0.201. The van der Waals surface area contributed by atoms with Crippen LogP contribution in [0.15, 0.2) is 57.7 Å². The number of carbonyl (C=O) groups is 1. The van der Waals surface area contributed by atoms with Gasteiger partial charge in [-0.15, -0.1) is 10.2 Å². The molecule has 0 unspecified atom stereocenters. The van der Waals surface area contributed by atoms with Crippen LogP contribution in [0.25, 0.3) is 22.5 Å². The van der Waals surface area contributed by atoms with Gasteiger partial charge < -0.3 is 9.15 Å². The number of aromatic nitrogens is 5. The average molecular weight is 393 g/mol. The highest BCUT2D eigenvalue weighted by Gasteiger charge is 2.13. The van der Waals surface area contributed by atoms with E-state index in [1.807, 2.05) is 18.2 Å². The fourth-order valence-corrected chi connectivity index (χ4v) is 2.94. The van der Waals surface area contributed by atoms with Crippen molar-refractivity contribution in [3.8, 4) is 11.4 Å². The molecular formula is C20H19N5O4. The molecule has 0 aliphatic rings. The minimum Gasteiger partial charge on any atom is -0.459 e. The van der Waals surface area contributed by atoms with Crippen molar-refractivity contribution in [3.05, 3.63) is 64.6 Å². The monoisotopic (exact) mass is 393 g/mol. The van der Waals surface area contributed by atoms with Gasteiger partial charge in [-0.25, -0.2) is 9.59 Å². The highest BCUT2D eigenvalue weighted by molar-refractivity contribution is 5.90. The standard InChI is InChI=1S/C20H19N5O4/c1-13(2)28-19(26)15-7-5-6-14(12-15)18-21-23-25(22-18)11-10-24-16-8-3-4-9-17(16)29-20(24)27/h3-9,12-13H,10-11H2,1-2H3. The third kappa shape index (κ3) is 3.93. The van der Waals surface area contributed by atoms with Gasteiger partial charge in [0.1, 0.15) is 0 Å². The number of rotatable bonds is 6. The second-order valence-electron chi connectivity index (χ2n) is 6.73. The molecule has 0 bridgehead atoms. The highest BCUT2D eigenvalue weighted by atomic mass is 16.5. The Hall–Kier alpha value is -3.75. The Bertz CT molecular complexity index is 1220. The van der Waals surface area contributed by atoms with Crippen LogP contribution in [0.4, 0.5) is 0 Å². The Balaban J connectivity index is 1.51. The minimum atomic E-state index is -0.428. The first kappa shape index (κ1) is 18.6. The lowest BCUT2D eigenvalue weighted by Crippen LogP contribution is -2.18. The normalized spacial score (nSPS) is 11.3. The number of benzene rings is 2. The zero-order valence-electron chi connectivity index (χ0n) is 16.0. The first-order chi connectivity index (χ1) is 14.0. The molecule has 2 aromatic heterocycles. The molecule has 0 radical (unpaired) electrons. The van der Waals surface area contributed by atoms with Crippen molar-refractivity contribution in [2.24, 2.45) is 0 Å². The van der Waals surface area contributed by atoms with Crippen molar-refractivity contribution < 1.29 is 13.9 Å². The second-order valence-corrected chi connectivity index (χ2v) is 6.73. The molecule has 2 heterocycles. The maximum atomic E-state index is 12.1. The molecule has 9 heteroatoms. The zero-order chi connectivity index (χ0) is 20.4. The third-order valence-corrected chi connectivity index (χ3v) is 4.25. The predicted molar refractivity (Wildman–Crippen MR) is 104 cm³/mol. The Morgan fingerprint density at radius 1 is 1.14 bits per heavy atom. The smallest absolute Gasteiger partial charge is 0.420 e. The average Bonchev–Trinajstić information content (AvgIpc) is 3.30. The van der Waals surface area contributed by atoms with Crippen LogP contribution in [0.5, 0.6) is 0 Å². The van der Waals surface area contributed by atoms with E-state index in [1.54, 1.807) is 44.2 Å². The van der Waals surface area contributed by atoms with Crippen molar-refractivity contribution in [1.82, 2.24) is 24.8 Å². The molecule has 0 saturated heterocycles. The van der Waals surface area contributed by atoms with E-state index in [4.69, 9.17) is 9.15 Å². The van der Waals surface area contributed by atoms with E-state index in [9.17, 15) is 9.59 Å². The maximum absolute atomic E-state index is 12.1. The molecule has 0 saturated carbocycles. The largest absolute Gasteiger partial charge is 0.459 e. The zero-order valence-corrected chi connectivity index (χ0v) is 16.0. The lowest BCUT2D eigenvalue weighted by molar-refractivity contribution is 0.0378. The van der Waals surface area contributed by atoms with Crippen LogP contribution in [-0.4, -0.2) is 36.8 Å². The lowest BCUT2D eigenvalue weighted by Gasteiger charge is -2.08. The van der Waals surface area contributed by atoms with Gasteiger partial charge in [0, 0.05) is 5.56 Å². The number of hydrogen-bond acceptors (Lipinski definition) is 7. The molecule has 0 spiro atoms. The predicted octanol–water partition coefficient (Wildman–Crippen LogP) is 2.51. The van der Waals surface area contributed by atoms with Gasteiger partial charge in [-0.3, -0.25) is 4.57 Å². The topological polar surface area (TPSA) is 105 Å². The fraction of sp³-hybridized carbons (Fsp3) is 0.250. The highest BCUT2D eigenvalue weighted by Crippen LogP contribution is 2.17. The molecule has 148 valence electrons. The summed E-state index contributed by atoms with van der Waals surface area (Å²) in [6.45, 7) is 4.27. The Kier molecular flexibility index (Phi) is 4.94. The summed E-state index contributed by atoms with van der Waals surface area (Å²) >= 11 is 0. The fourth-order valence-electron chi connectivity index (χ4n) is 2.94. The Morgan fingerprint density at radius 3 is 2.79 bits per heavy atom. The van der Waals surface area contributed by atoms with E-state index in [0.717, 1.165) is 0 Å². The van der Waals surface area contributed by atoms with E-state index in [0.29, 0.717) is 41.1 Å². The third-order valence-electron chi connectivity index (χ3n) is 4.25. The number of esters is 1. The maximum Gasteiger partial charge on any atom is 0.420 e. The number of fused-ring (bicyclic) bond motifs is 1. The molecule has 0 aliphatic carbocycles. The number of aryl methyl sites for hydroxylation is 2. The molecule has 0 N–H and O–H groups in total. The SMILES string of the molecule is CC(C)OC(=O)c1cccc(-c2nnn(CCn3c(=O)oc4ccccc43)n2)c1. The van der Waals surface area contributed by atoms with Crippen LogP contribution in [0.2, 0.25) is 0 Å². The molecule has 0 aliphatic heterocycles. The summed E-state index contributed by atoms with van der Waals surface area (Å²) in [6.07, 6.45) is -0.201. The summed E-state index contributed by atoms with van der Waals surface area (Å²) in [5.74, 6) is -0.447. The van der Waals surface area contributed by atoms with Crippen molar-refractivity contribution >= 4 is 17.1 Å². The number of carbonyl (C=O) groups excluding carboxylic acids is 1. The van der Waals surface area contributed by atoms with Crippen molar-refractivity contribution in [1.29, 1.82) is 0 Å². The van der Waals surface area contributed by atoms with E-state index in [1.165, 1.54) is 9.36 Å². The molecule has 4 rings (SSSR count). The van der Waals surface area contributed by atoms with Gasteiger partial charge in [-0.1, -0.05) is 24.3 Å². The summed E-state index contributed by atoms with van der Waals surface area (Å²) in [6, 6.07) is 14.1. The molecular weight excluding hydrogens is 374 g/mol. The molecule has 9 nitrogen and oxygen atoms in total. The summed E-state index contributed by atoms with van der Waals surface area (Å²) in [5.41, 5.74) is 2.33. The Morgan fingerprint density at radius 2 is 1.97 bits per heavy atom. The van der Waals surface area contributed by atoms with Gasteiger partial charge in [0.2, 0.25) is 5.82 Å². The summed E-state index contributed by atoms with van der Waals surface area (Å²) in [4.78, 5) is 25.5. The molecule has 2 aromatic carbocycles. The number of nitrogens with zero attached hydrogens (tertiary/aromatic N) is 5. The number of hydrogen-bond donors (Lipinski definition) is 0. The number of ether oxygens (including phenoxy) is 1. The van der Waals surface area contributed by atoms with Crippen molar-refractivity contribution in [2.75, 3.05) is 0 Å². The van der Waals surface area contributed by atoms with Crippen LogP contribution in [0.3, 0.4) is 0 Å². The van der Waals surface area contributed by atoms with Gasteiger partial charge in [0.25, 0.3) is 0 Å². The first-order valence-corrected chi connectivity index (χ1v) is 9.19. The van der Waals surface area contributed by atoms with Gasteiger partial charge in [0.15, 0.2) is 5.58 Å². The van der Waals surface area contributed by atoms with Gasteiger partial charge in [-0.2, -0.15) is 4.80 Å². The molecule has 4 aromatic rings. The summed E-state index contributed by atoms with van der Waals surface area (Å²) in [5, 5.41) is 12.4. The van der Waals surface area contributed by atoms with Crippen molar-refractivity contribution in [2.45, 2.75) is 33.0 Å². The summed E-state index contributed by atoms with van der Waals surface area (Å²) in [7, 11) is 0. The van der Waals surface area contributed by atoms with Crippen LogP contribution in [0.1, 0.15) is 24.2 Å². The summed E-state index contributed by atoms with van der Waals surface area (Å²) < 4.78 is 12.0. The van der Waals surface area contributed by atoms with E-state index < -0.39 is 11.7 Å². The second kappa shape index (κ2) is 7.70.